The number of aliphatic carboxylic acids is 1. The molecule has 0 aliphatic heterocycles. The van der Waals surface area contributed by atoms with Gasteiger partial charge in [-0.15, -0.1) is 0 Å². The van der Waals surface area contributed by atoms with Crippen LogP contribution in [0.4, 0.5) is 26.3 Å². The van der Waals surface area contributed by atoms with Crippen LogP contribution in [0.15, 0.2) is 12.2 Å². The second-order valence-corrected chi connectivity index (χ2v) is 6.75. The monoisotopic (exact) mass is 371 g/mol. The van der Waals surface area contributed by atoms with Crippen molar-refractivity contribution in [3.8, 4) is 0 Å². The number of carboxylic acid groups (broad SMARTS) is 1. The van der Waals surface area contributed by atoms with Gasteiger partial charge in [-0.05, 0) is 42.9 Å². The number of alkyl halides is 6. The quantitative estimate of drug-likeness (QED) is 0.420. The Hall–Kier alpha value is -1.74. The van der Waals surface area contributed by atoms with Crippen LogP contribution in [0, 0.1) is 23.7 Å². The maximum atomic E-state index is 13.6. The molecule has 2 bridgehead atoms. The molecule has 3 aliphatic rings. The number of allylic oxidation sites excluding steroid dienone is 2. The van der Waals surface area contributed by atoms with E-state index in [2.05, 4.69) is 4.74 Å². The summed E-state index contributed by atoms with van der Waals surface area (Å²) in [6, 6.07) is 0. The highest BCUT2D eigenvalue weighted by atomic mass is 19.3. The maximum absolute atomic E-state index is 13.6. The Labute approximate surface area is 137 Å². The first-order valence-corrected chi connectivity index (χ1v) is 7.64. The molecule has 0 N–H and O–H groups in total. The van der Waals surface area contributed by atoms with Gasteiger partial charge in [-0.3, -0.25) is 0 Å². The largest absolute Gasteiger partial charge is 0.544 e. The number of hydrogen-bond acceptors (Lipinski definition) is 4. The van der Waals surface area contributed by atoms with Gasteiger partial charge < -0.3 is 14.6 Å². The Morgan fingerprint density at radius 2 is 1.64 bits per heavy atom. The molecule has 140 valence electrons. The molecule has 5 atom stereocenters. The van der Waals surface area contributed by atoms with E-state index in [9.17, 15) is 41.0 Å². The lowest BCUT2D eigenvalue weighted by molar-refractivity contribution is -0.366. The van der Waals surface area contributed by atoms with Crippen LogP contribution in [-0.4, -0.2) is 35.8 Å². The minimum atomic E-state index is -6.48. The number of fused-ring (bicyclic) bond motifs is 5. The van der Waals surface area contributed by atoms with Gasteiger partial charge in [-0.1, -0.05) is 12.2 Å². The van der Waals surface area contributed by atoms with E-state index in [4.69, 9.17) is 0 Å². The fraction of sp³-hybridized carbons (Fsp3) is 0.733. The molecule has 3 aliphatic carbocycles. The summed E-state index contributed by atoms with van der Waals surface area (Å²) >= 11 is 0. The van der Waals surface area contributed by atoms with Crippen LogP contribution >= 0.6 is 0 Å². The Kier molecular flexibility index (Phi) is 3.88. The molecule has 3 rings (SSSR count). The average Bonchev–Trinajstić information content (AvgIpc) is 3.18. The first-order valence-electron chi connectivity index (χ1n) is 7.64. The smallest absolute Gasteiger partial charge is 0.411 e. The van der Waals surface area contributed by atoms with E-state index in [1.807, 2.05) is 12.2 Å². The van der Waals surface area contributed by atoms with Crippen LogP contribution < -0.4 is 5.11 Å². The third kappa shape index (κ3) is 2.36. The lowest BCUT2D eigenvalue weighted by Gasteiger charge is -2.34. The van der Waals surface area contributed by atoms with Gasteiger partial charge in [-0.2, -0.15) is 26.3 Å². The molecule has 25 heavy (non-hydrogen) atoms. The van der Waals surface area contributed by atoms with Crippen molar-refractivity contribution < 1.29 is 45.8 Å². The Bertz CT molecular complexity index is 632. The zero-order valence-electron chi connectivity index (χ0n) is 12.6. The summed E-state index contributed by atoms with van der Waals surface area (Å²) in [5.74, 6) is -25.2. The van der Waals surface area contributed by atoms with Crippen molar-refractivity contribution in [3.05, 3.63) is 12.2 Å². The topological polar surface area (TPSA) is 66.4 Å². The molecule has 0 heterocycles. The van der Waals surface area contributed by atoms with Crippen LogP contribution in [0.1, 0.15) is 19.3 Å². The molecule has 0 saturated heterocycles. The van der Waals surface area contributed by atoms with Gasteiger partial charge in [-0.25, -0.2) is 4.79 Å². The van der Waals surface area contributed by atoms with Gasteiger partial charge in [0, 0.05) is 0 Å². The molecular weight excluding hydrogens is 358 g/mol. The van der Waals surface area contributed by atoms with Crippen LogP contribution in [-0.2, 0) is 14.3 Å². The summed E-state index contributed by atoms with van der Waals surface area (Å²) in [7, 11) is 0. The lowest BCUT2D eigenvalue weighted by Crippen LogP contribution is -2.64. The third-order valence-electron chi connectivity index (χ3n) is 5.50. The number of carboxylic acids is 1. The Morgan fingerprint density at radius 1 is 1.00 bits per heavy atom. The second-order valence-electron chi connectivity index (χ2n) is 6.75. The summed E-state index contributed by atoms with van der Waals surface area (Å²) in [4.78, 5) is 21.6. The molecule has 0 aromatic carbocycles. The predicted octanol–water partition coefficient (Wildman–Crippen LogP) is 1.79. The summed E-state index contributed by atoms with van der Waals surface area (Å²) in [5.41, 5.74) is 0. The number of halogens is 6. The van der Waals surface area contributed by atoms with Crippen molar-refractivity contribution in [2.24, 2.45) is 23.7 Å². The highest BCUT2D eigenvalue weighted by Crippen LogP contribution is 2.57. The van der Waals surface area contributed by atoms with Crippen LogP contribution in [0.3, 0.4) is 0 Å². The summed E-state index contributed by atoms with van der Waals surface area (Å²) in [5, 5.41) is 10.1. The highest BCUT2D eigenvalue weighted by Gasteiger charge is 2.77. The van der Waals surface area contributed by atoms with E-state index in [0.29, 0.717) is 12.8 Å². The molecule has 10 heteroatoms. The minimum absolute atomic E-state index is 0.0512. The molecule has 0 aromatic rings. The van der Waals surface area contributed by atoms with Crippen LogP contribution in [0.25, 0.3) is 0 Å². The Balaban J connectivity index is 1.74. The zero-order valence-corrected chi connectivity index (χ0v) is 12.6. The van der Waals surface area contributed by atoms with Gasteiger partial charge in [0.25, 0.3) is 0 Å². The van der Waals surface area contributed by atoms with Crippen molar-refractivity contribution in [1.82, 2.24) is 0 Å². The number of ether oxygens (including phenoxy) is 1. The summed E-state index contributed by atoms with van der Waals surface area (Å²) < 4.78 is 84.1. The van der Waals surface area contributed by atoms with Crippen molar-refractivity contribution in [3.63, 3.8) is 0 Å². The number of carbonyl (C=O) groups excluding carboxylic acids is 2. The molecule has 2 fully saturated rings. The van der Waals surface area contributed by atoms with Crippen molar-refractivity contribution in [2.45, 2.75) is 43.1 Å². The zero-order chi connectivity index (χ0) is 18.8. The second kappa shape index (κ2) is 5.38. The fourth-order valence-electron chi connectivity index (χ4n) is 4.30. The number of carbonyl (C=O) groups is 2. The van der Waals surface area contributed by atoms with Gasteiger partial charge in [0.05, 0.1) is 0 Å². The van der Waals surface area contributed by atoms with Gasteiger partial charge >= 0.3 is 23.7 Å². The predicted molar refractivity (Wildman–Crippen MR) is 66.7 cm³/mol. The van der Waals surface area contributed by atoms with Crippen LogP contribution in [0.5, 0.6) is 0 Å². The van der Waals surface area contributed by atoms with E-state index >= 15 is 0 Å². The molecule has 0 spiro atoms. The highest BCUT2D eigenvalue weighted by molar-refractivity contribution is 5.83. The molecule has 5 unspecified atom stereocenters. The fourth-order valence-corrected chi connectivity index (χ4v) is 4.30. The molecule has 0 aromatic heterocycles. The third-order valence-corrected chi connectivity index (χ3v) is 5.50. The maximum Gasteiger partial charge on any atom is 0.411 e. The Morgan fingerprint density at radius 3 is 2.24 bits per heavy atom. The van der Waals surface area contributed by atoms with Gasteiger partial charge in [0.1, 0.15) is 12.1 Å². The van der Waals surface area contributed by atoms with E-state index in [-0.39, 0.29) is 30.1 Å². The average molecular weight is 371 g/mol. The number of esters is 1. The van der Waals surface area contributed by atoms with Gasteiger partial charge in [0.15, 0.2) is 0 Å². The lowest BCUT2D eigenvalue weighted by atomic mass is 9.80. The molecular formula is C15H13F6O4-. The van der Waals surface area contributed by atoms with Crippen molar-refractivity contribution in [2.75, 3.05) is 0 Å². The number of rotatable bonds is 5. The molecule has 2 saturated carbocycles. The standard InChI is InChI=1S/C15H14F6O4/c16-13(17,11(22)23)15(20,21)14(18,19)12(24)25-10-5-6-4-9(10)8-3-1-2-7(6)8/h1-2,6-10H,3-5H2,(H,22,23)/p-1. The van der Waals surface area contributed by atoms with E-state index in [1.54, 1.807) is 0 Å². The normalized spacial score (nSPS) is 34.2. The van der Waals surface area contributed by atoms with Crippen LogP contribution in [0.2, 0.25) is 0 Å². The van der Waals surface area contributed by atoms with Gasteiger partial charge in [0.2, 0.25) is 0 Å². The van der Waals surface area contributed by atoms with Crippen molar-refractivity contribution in [1.29, 1.82) is 0 Å². The first kappa shape index (κ1) is 18.1. The van der Waals surface area contributed by atoms with Crippen molar-refractivity contribution >= 4 is 11.9 Å². The molecule has 0 radical (unpaired) electrons. The summed E-state index contributed by atoms with van der Waals surface area (Å²) in [6.07, 6.45) is 4.22. The molecule has 4 nitrogen and oxygen atoms in total. The van der Waals surface area contributed by atoms with E-state index < -0.39 is 35.8 Å². The van der Waals surface area contributed by atoms with E-state index in [0.717, 1.165) is 0 Å². The summed E-state index contributed by atoms with van der Waals surface area (Å²) in [6.45, 7) is 0. The molecule has 0 amide bonds. The first-order chi connectivity index (χ1) is 11.4. The van der Waals surface area contributed by atoms with E-state index in [1.165, 1.54) is 0 Å². The SMILES string of the molecule is O=C([O-])C(F)(F)C(F)(F)C(F)(F)C(=O)OC1CC2CC1C1CC=CC21. The number of hydrogen-bond donors (Lipinski definition) is 0. The minimum Gasteiger partial charge on any atom is -0.544 e.